The molecule has 0 aromatic rings. The van der Waals surface area contributed by atoms with Gasteiger partial charge in [-0.3, -0.25) is 14.4 Å². The highest BCUT2D eigenvalue weighted by molar-refractivity contribution is 5.99. The summed E-state index contributed by atoms with van der Waals surface area (Å²) < 4.78 is 5.57. The first-order chi connectivity index (χ1) is 12.0. The summed E-state index contributed by atoms with van der Waals surface area (Å²) in [4.78, 5) is 37.7. The van der Waals surface area contributed by atoms with Gasteiger partial charge in [0.15, 0.2) is 0 Å². The molecule has 5 nitrogen and oxygen atoms in total. The lowest BCUT2D eigenvalue weighted by Crippen LogP contribution is -2.41. The van der Waals surface area contributed by atoms with Crippen molar-refractivity contribution in [2.75, 3.05) is 0 Å². The second kappa shape index (κ2) is 9.63. The van der Waals surface area contributed by atoms with Gasteiger partial charge in [-0.05, 0) is 31.6 Å². The maximum Gasteiger partial charge on any atom is 0.316 e. The SMILES string of the molecule is CCC1OC(=O)C(C)C(=O)C(C)C(C)C(C)CCC(=O)C(C)C(O)C1C. The van der Waals surface area contributed by atoms with E-state index in [0.717, 1.165) is 0 Å². The van der Waals surface area contributed by atoms with Gasteiger partial charge < -0.3 is 9.84 Å². The predicted molar refractivity (Wildman–Crippen MR) is 100 cm³/mol. The molecule has 5 heteroatoms. The van der Waals surface area contributed by atoms with E-state index in [1.807, 2.05) is 27.7 Å². The first-order valence-electron chi connectivity index (χ1n) is 9.97. The van der Waals surface area contributed by atoms with Crippen molar-refractivity contribution in [2.45, 2.75) is 79.9 Å². The van der Waals surface area contributed by atoms with Crippen LogP contribution in [0.1, 0.15) is 67.7 Å². The first-order valence-corrected chi connectivity index (χ1v) is 9.97. The van der Waals surface area contributed by atoms with E-state index >= 15 is 0 Å². The summed E-state index contributed by atoms with van der Waals surface area (Å²) >= 11 is 0. The molecule has 0 radical (unpaired) electrons. The molecule has 1 heterocycles. The van der Waals surface area contributed by atoms with Crippen LogP contribution in [-0.4, -0.2) is 34.9 Å². The van der Waals surface area contributed by atoms with E-state index in [0.29, 0.717) is 19.3 Å². The minimum Gasteiger partial charge on any atom is -0.461 e. The summed E-state index contributed by atoms with van der Waals surface area (Å²) in [6, 6.07) is 0. The zero-order valence-corrected chi connectivity index (χ0v) is 17.3. The van der Waals surface area contributed by atoms with Crippen molar-refractivity contribution in [1.29, 1.82) is 0 Å². The summed E-state index contributed by atoms with van der Waals surface area (Å²) in [6.07, 6.45) is 0.204. The van der Waals surface area contributed by atoms with Gasteiger partial charge in [-0.1, -0.05) is 41.5 Å². The van der Waals surface area contributed by atoms with Gasteiger partial charge in [0.1, 0.15) is 23.6 Å². The molecule has 150 valence electrons. The van der Waals surface area contributed by atoms with Crippen LogP contribution >= 0.6 is 0 Å². The number of ketones is 2. The smallest absolute Gasteiger partial charge is 0.316 e. The topological polar surface area (TPSA) is 80.7 Å². The van der Waals surface area contributed by atoms with Crippen LogP contribution in [0.15, 0.2) is 0 Å². The Morgan fingerprint density at radius 2 is 1.54 bits per heavy atom. The van der Waals surface area contributed by atoms with E-state index in [1.165, 1.54) is 0 Å². The first kappa shape index (κ1) is 22.8. The Kier molecular flexibility index (Phi) is 8.45. The van der Waals surface area contributed by atoms with E-state index in [9.17, 15) is 19.5 Å². The molecule has 8 unspecified atom stereocenters. The zero-order valence-electron chi connectivity index (χ0n) is 17.3. The van der Waals surface area contributed by atoms with Crippen LogP contribution in [0.5, 0.6) is 0 Å². The minimum absolute atomic E-state index is 0.0222. The average molecular weight is 369 g/mol. The Hall–Kier alpha value is -1.23. The van der Waals surface area contributed by atoms with Gasteiger partial charge in [-0.25, -0.2) is 0 Å². The van der Waals surface area contributed by atoms with Crippen LogP contribution in [0.2, 0.25) is 0 Å². The number of esters is 1. The Labute approximate surface area is 157 Å². The number of ether oxygens (including phenoxy) is 1. The molecule has 0 spiro atoms. The van der Waals surface area contributed by atoms with Gasteiger partial charge in [0.25, 0.3) is 0 Å². The maximum atomic E-state index is 12.7. The fourth-order valence-electron chi connectivity index (χ4n) is 3.80. The molecule has 1 rings (SSSR count). The number of cyclic esters (lactones) is 1. The average Bonchev–Trinajstić information content (AvgIpc) is 2.64. The van der Waals surface area contributed by atoms with E-state index in [1.54, 1.807) is 20.8 Å². The number of rotatable bonds is 1. The van der Waals surface area contributed by atoms with Crippen molar-refractivity contribution < 1.29 is 24.2 Å². The highest BCUT2D eigenvalue weighted by Crippen LogP contribution is 2.30. The Morgan fingerprint density at radius 1 is 0.962 bits per heavy atom. The van der Waals surface area contributed by atoms with Gasteiger partial charge in [-0.15, -0.1) is 0 Å². The molecule has 0 aromatic heterocycles. The normalized spacial score (nSPS) is 41.5. The van der Waals surface area contributed by atoms with Crippen molar-refractivity contribution in [2.24, 2.45) is 35.5 Å². The third-order valence-corrected chi connectivity index (χ3v) is 6.58. The van der Waals surface area contributed by atoms with Crippen molar-refractivity contribution in [3.8, 4) is 0 Å². The second-order valence-corrected chi connectivity index (χ2v) is 8.28. The van der Waals surface area contributed by atoms with Gasteiger partial charge in [-0.2, -0.15) is 0 Å². The fraction of sp³-hybridized carbons (Fsp3) is 0.857. The summed E-state index contributed by atoms with van der Waals surface area (Å²) in [5, 5.41) is 10.6. The Bertz CT molecular complexity index is 515. The lowest BCUT2D eigenvalue weighted by Gasteiger charge is -2.32. The van der Waals surface area contributed by atoms with Gasteiger partial charge in [0.05, 0.1) is 6.10 Å². The predicted octanol–water partition coefficient (Wildman–Crippen LogP) is 3.42. The zero-order chi connectivity index (χ0) is 20.2. The minimum atomic E-state index is -0.874. The molecule has 0 aliphatic carbocycles. The molecule has 0 aromatic carbocycles. The maximum absolute atomic E-state index is 12.7. The van der Waals surface area contributed by atoms with Crippen LogP contribution in [0.3, 0.4) is 0 Å². The van der Waals surface area contributed by atoms with Crippen LogP contribution < -0.4 is 0 Å². The molecule has 1 saturated heterocycles. The standard InChI is InChI=1S/C21H36O5/c1-8-18-15(6)20(24)14(5)17(22)10-9-11(2)12(3)13(4)19(23)16(7)21(25)26-18/h11-16,18,20,24H,8-10H2,1-7H3. The number of aliphatic hydroxyl groups excluding tert-OH is 1. The van der Waals surface area contributed by atoms with Crippen molar-refractivity contribution >= 4 is 17.5 Å². The number of hydrogen-bond acceptors (Lipinski definition) is 5. The number of hydrogen-bond donors (Lipinski definition) is 1. The van der Waals surface area contributed by atoms with Crippen LogP contribution in [0.25, 0.3) is 0 Å². The lowest BCUT2D eigenvalue weighted by atomic mass is 9.76. The van der Waals surface area contributed by atoms with Gasteiger partial charge >= 0.3 is 5.97 Å². The highest BCUT2D eigenvalue weighted by Gasteiger charge is 2.37. The number of Topliss-reactive ketones (excluding diaryl/α,β-unsaturated/α-hetero) is 2. The molecule has 0 amide bonds. The summed E-state index contributed by atoms with van der Waals surface area (Å²) in [7, 11) is 0. The van der Waals surface area contributed by atoms with Crippen molar-refractivity contribution in [3.63, 3.8) is 0 Å². The molecule has 8 atom stereocenters. The fourth-order valence-corrected chi connectivity index (χ4v) is 3.80. The van der Waals surface area contributed by atoms with Gasteiger partial charge in [0, 0.05) is 24.2 Å². The molecule has 1 fully saturated rings. The summed E-state index contributed by atoms with van der Waals surface area (Å²) in [5.41, 5.74) is 0. The summed E-state index contributed by atoms with van der Waals surface area (Å²) in [6.45, 7) is 12.9. The third kappa shape index (κ3) is 5.15. The number of carbonyl (C=O) groups excluding carboxylic acids is 3. The number of aliphatic hydroxyl groups is 1. The molecule has 1 aliphatic heterocycles. The van der Waals surface area contributed by atoms with Crippen molar-refractivity contribution in [3.05, 3.63) is 0 Å². The van der Waals surface area contributed by atoms with E-state index in [4.69, 9.17) is 4.74 Å². The molecule has 1 N–H and O–H groups in total. The van der Waals surface area contributed by atoms with Crippen LogP contribution in [0, 0.1) is 35.5 Å². The quantitative estimate of drug-likeness (QED) is 0.566. The molecule has 1 aliphatic rings. The monoisotopic (exact) mass is 368 g/mol. The van der Waals surface area contributed by atoms with Gasteiger partial charge in [0.2, 0.25) is 0 Å². The summed E-state index contributed by atoms with van der Waals surface area (Å²) in [5.74, 6) is -2.36. The highest BCUT2D eigenvalue weighted by atomic mass is 16.5. The molecular formula is C21H36O5. The third-order valence-electron chi connectivity index (χ3n) is 6.58. The Balaban J connectivity index is 3.16. The van der Waals surface area contributed by atoms with E-state index in [2.05, 4.69) is 0 Å². The van der Waals surface area contributed by atoms with Crippen LogP contribution in [0.4, 0.5) is 0 Å². The largest absolute Gasteiger partial charge is 0.461 e. The Morgan fingerprint density at radius 3 is 2.08 bits per heavy atom. The van der Waals surface area contributed by atoms with Crippen LogP contribution in [-0.2, 0) is 19.1 Å². The van der Waals surface area contributed by atoms with E-state index in [-0.39, 0.29) is 35.2 Å². The second-order valence-electron chi connectivity index (χ2n) is 8.28. The number of carbonyl (C=O) groups is 3. The molecule has 0 bridgehead atoms. The lowest BCUT2D eigenvalue weighted by molar-refractivity contribution is -0.162. The van der Waals surface area contributed by atoms with Crippen molar-refractivity contribution in [1.82, 2.24) is 0 Å². The molecule has 26 heavy (non-hydrogen) atoms. The molecular weight excluding hydrogens is 332 g/mol. The molecule has 0 saturated carbocycles. The van der Waals surface area contributed by atoms with E-state index < -0.39 is 30.0 Å².